The van der Waals surface area contributed by atoms with Gasteiger partial charge < -0.3 is 5.32 Å². The predicted octanol–water partition coefficient (Wildman–Crippen LogP) is 2.89. The molecule has 0 spiro atoms. The zero-order chi connectivity index (χ0) is 13.3. The van der Waals surface area contributed by atoms with E-state index in [4.69, 9.17) is 0 Å². The number of benzene rings is 1. The molecule has 0 radical (unpaired) electrons. The molecule has 1 aromatic carbocycles. The Labute approximate surface area is 107 Å². The highest BCUT2D eigenvalue weighted by molar-refractivity contribution is 5.97. The van der Waals surface area contributed by atoms with Gasteiger partial charge in [-0.15, -0.1) is 0 Å². The summed E-state index contributed by atoms with van der Waals surface area (Å²) in [6, 6.07) is 8.09. The molecule has 0 saturated carbocycles. The van der Waals surface area contributed by atoms with Gasteiger partial charge in [0.2, 0.25) is 0 Å². The van der Waals surface area contributed by atoms with Gasteiger partial charge in [0.15, 0.2) is 0 Å². The average molecular weight is 242 g/mol. The molecule has 2 aromatic rings. The van der Waals surface area contributed by atoms with E-state index in [9.17, 15) is 4.79 Å². The quantitative estimate of drug-likeness (QED) is 0.835. The third-order valence-corrected chi connectivity index (χ3v) is 3.04. The van der Waals surface area contributed by atoms with Crippen LogP contribution in [-0.4, -0.2) is 17.9 Å². The molecule has 0 atom stereocenters. The summed E-state index contributed by atoms with van der Waals surface area (Å²) >= 11 is 0. The summed E-state index contributed by atoms with van der Waals surface area (Å²) in [6.07, 6.45) is 1.61. The van der Waals surface area contributed by atoms with E-state index in [0.29, 0.717) is 5.56 Å². The van der Waals surface area contributed by atoms with Gasteiger partial charge in [-0.05, 0) is 29.2 Å². The van der Waals surface area contributed by atoms with E-state index in [1.54, 1.807) is 13.2 Å². The minimum absolute atomic E-state index is 0.0945. The van der Waals surface area contributed by atoms with E-state index >= 15 is 0 Å². The number of nitrogens with one attached hydrogen (secondary N) is 1. The van der Waals surface area contributed by atoms with Crippen molar-refractivity contribution in [3.63, 3.8) is 0 Å². The molecular weight excluding hydrogens is 224 g/mol. The first kappa shape index (κ1) is 12.6. The van der Waals surface area contributed by atoms with Gasteiger partial charge in [0, 0.05) is 18.6 Å². The van der Waals surface area contributed by atoms with Crippen molar-refractivity contribution in [2.24, 2.45) is 0 Å². The molecule has 0 bridgehead atoms. The van der Waals surface area contributed by atoms with Crippen LogP contribution in [0.25, 0.3) is 10.9 Å². The number of rotatable bonds is 1. The summed E-state index contributed by atoms with van der Waals surface area (Å²) in [5.41, 5.74) is 2.84. The second-order valence-corrected chi connectivity index (χ2v) is 5.46. The van der Waals surface area contributed by atoms with Gasteiger partial charge in [-0.25, -0.2) is 0 Å². The van der Waals surface area contributed by atoms with Crippen molar-refractivity contribution in [1.82, 2.24) is 10.3 Å². The number of fused-ring (bicyclic) bond motifs is 1. The minimum Gasteiger partial charge on any atom is -0.355 e. The molecule has 2 rings (SSSR count). The zero-order valence-corrected chi connectivity index (χ0v) is 11.2. The number of carbonyl (C=O) groups excluding carboxylic acids is 1. The molecule has 1 aromatic heterocycles. The van der Waals surface area contributed by atoms with E-state index in [2.05, 4.69) is 43.2 Å². The Morgan fingerprint density at radius 3 is 2.56 bits per heavy atom. The highest BCUT2D eigenvalue weighted by Crippen LogP contribution is 2.25. The van der Waals surface area contributed by atoms with Crippen LogP contribution in [0.4, 0.5) is 0 Å². The fraction of sp³-hybridized carbons (Fsp3) is 0.333. The number of hydrogen-bond acceptors (Lipinski definition) is 2. The summed E-state index contributed by atoms with van der Waals surface area (Å²) in [7, 11) is 1.62. The SMILES string of the molecule is CNC(=O)c1cnc2ccc(C(C)(C)C)cc2c1. The van der Waals surface area contributed by atoms with Crippen LogP contribution in [0.5, 0.6) is 0 Å². The molecule has 0 unspecified atom stereocenters. The van der Waals surface area contributed by atoms with E-state index in [1.165, 1.54) is 5.56 Å². The Kier molecular flexibility index (Phi) is 3.07. The smallest absolute Gasteiger partial charge is 0.252 e. The van der Waals surface area contributed by atoms with Gasteiger partial charge in [0.05, 0.1) is 11.1 Å². The molecule has 0 saturated heterocycles. The molecule has 1 amide bonds. The summed E-state index contributed by atoms with van der Waals surface area (Å²) < 4.78 is 0. The maximum absolute atomic E-state index is 11.6. The predicted molar refractivity (Wildman–Crippen MR) is 73.8 cm³/mol. The maximum atomic E-state index is 11.6. The van der Waals surface area contributed by atoms with Gasteiger partial charge in [0.1, 0.15) is 0 Å². The average Bonchev–Trinajstić information content (AvgIpc) is 2.35. The molecule has 0 aliphatic rings. The van der Waals surface area contributed by atoms with Crippen LogP contribution in [0, 0.1) is 0 Å². The number of aromatic nitrogens is 1. The second-order valence-electron chi connectivity index (χ2n) is 5.46. The third-order valence-electron chi connectivity index (χ3n) is 3.04. The summed E-state index contributed by atoms with van der Waals surface area (Å²) in [6.45, 7) is 6.51. The number of nitrogens with zero attached hydrogens (tertiary/aromatic N) is 1. The molecule has 94 valence electrons. The Morgan fingerprint density at radius 2 is 1.94 bits per heavy atom. The van der Waals surface area contributed by atoms with Crippen molar-refractivity contribution in [3.05, 3.63) is 41.6 Å². The summed E-state index contributed by atoms with van der Waals surface area (Å²) in [5, 5.41) is 3.62. The standard InChI is InChI=1S/C15H18N2O/c1-15(2,3)12-5-6-13-10(8-12)7-11(9-17-13)14(18)16-4/h5-9H,1-4H3,(H,16,18). The number of amides is 1. The highest BCUT2D eigenvalue weighted by atomic mass is 16.1. The van der Waals surface area contributed by atoms with Crippen molar-refractivity contribution in [3.8, 4) is 0 Å². The van der Waals surface area contributed by atoms with Crippen molar-refractivity contribution in [2.75, 3.05) is 7.05 Å². The van der Waals surface area contributed by atoms with Gasteiger partial charge in [-0.1, -0.05) is 26.8 Å². The number of hydrogen-bond donors (Lipinski definition) is 1. The van der Waals surface area contributed by atoms with Crippen LogP contribution in [0.15, 0.2) is 30.5 Å². The van der Waals surface area contributed by atoms with E-state index in [-0.39, 0.29) is 11.3 Å². The molecular formula is C15H18N2O. The van der Waals surface area contributed by atoms with Crippen molar-refractivity contribution in [1.29, 1.82) is 0 Å². The molecule has 1 N–H and O–H groups in total. The van der Waals surface area contributed by atoms with Gasteiger partial charge in [-0.3, -0.25) is 9.78 Å². The van der Waals surface area contributed by atoms with Crippen molar-refractivity contribution in [2.45, 2.75) is 26.2 Å². The topological polar surface area (TPSA) is 42.0 Å². The Balaban J connectivity index is 2.57. The van der Waals surface area contributed by atoms with Crippen LogP contribution in [0.2, 0.25) is 0 Å². The van der Waals surface area contributed by atoms with E-state index < -0.39 is 0 Å². The Hall–Kier alpha value is -1.90. The normalized spacial score (nSPS) is 11.6. The molecule has 0 fully saturated rings. The lowest BCUT2D eigenvalue weighted by molar-refractivity contribution is 0.0963. The van der Waals surface area contributed by atoms with Crippen LogP contribution >= 0.6 is 0 Å². The lowest BCUT2D eigenvalue weighted by Crippen LogP contribution is -2.18. The lowest BCUT2D eigenvalue weighted by atomic mass is 9.86. The molecule has 18 heavy (non-hydrogen) atoms. The first-order valence-electron chi connectivity index (χ1n) is 6.04. The minimum atomic E-state index is -0.106. The van der Waals surface area contributed by atoms with Gasteiger partial charge in [0.25, 0.3) is 5.91 Å². The first-order chi connectivity index (χ1) is 8.41. The van der Waals surface area contributed by atoms with Crippen LogP contribution in [0.1, 0.15) is 36.7 Å². The second kappa shape index (κ2) is 4.41. The van der Waals surface area contributed by atoms with Crippen LogP contribution in [0.3, 0.4) is 0 Å². The van der Waals surface area contributed by atoms with Crippen LogP contribution < -0.4 is 5.32 Å². The number of carbonyl (C=O) groups is 1. The molecule has 3 nitrogen and oxygen atoms in total. The summed E-state index contributed by atoms with van der Waals surface area (Å²) in [5.74, 6) is -0.106. The summed E-state index contributed by atoms with van der Waals surface area (Å²) in [4.78, 5) is 15.9. The van der Waals surface area contributed by atoms with Gasteiger partial charge >= 0.3 is 0 Å². The highest BCUT2D eigenvalue weighted by Gasteiger charge is 2.14. The monoisotopic (exact) mass is 242 g/mol. The molecule has 0 aliphatic carbocycles. The molecule has 1 heterocycles. The Bertz CT molecular complexity index is 597. The third kappa shape index (κ3) is 2.35. The largest absolute Gasteiger partial charge is 0.355 e. The Morgan fingerprint density at radius 1 is 1.22 bits per heavy atom. The van der Waals surface area contributed by atoms with Gasteiger partial charge in [-0.2, -0.15) is 0 Å². The molecule has 3 heteroatoms. The van der Waals surface area contributed by atoms with Crippen LogP contribution in [-0.2, 0) is 5.41 Å². The first-order valence-corrected chi connectivity index (χ1v) is 6.04. The lowest BCUT2D eigenvalue weighted by Gasteiger charge is -2.19. The molecule has 0 aliphatic heterocycles. The van der Waals surface area contributed by atoms with Crippen molar-refractivity contribution < 1.29 is 4.79 Å². The van der Waals surface area contributed by atoms with E-state index in [1.807, 2.05) is 12.1 Å². The van der Waals surface area contributed by atoms with Crippen molar-refractivity contribution >= 4 is 16.8 Å². The fourth-order valence-electron chi connectivity index (χ4n) is 1.87. The number of pyridine rings is 1. The van der Waals surface area contributed by atoms with E-state index in [0.717, 1.165) is 10.9 Å². The maximum Gasteiger partial charge on any atom is 0.252 e. The fourth-order valence-corrected chi connectivity index (χ4v) is 1.87. The zero-order valence-electron chi connectivity index (χ0n) is 11.2.